The van der Waals surface area contributed by atoms with E-state index < -0.39 is 47.8 Å². The van der Waals surface area contributed by atoms with Crippen molar-refractivity contribution in [2.75, 3.05) is 13.6 Å². The van der Waals surface area contributed by atoms with Gasteiger partial charge < -0.3 is 26.0 Å². The molecule has 2 heterocycles. The van der Waals surface area contributed by atoms with E-state index in [4.69, 9.17) is 9.72 Å². The highest BCUT2D eigenvalue weighted by Gasteiger charge is 2.43. The number of aromatic nitrogens is 1. The fraction of sp³-hybridized carbons (Fsp3) is 0.460. The highest BCUT2D eigenvalue weighted by Crippen LogP contribution is 2.37. The molecule has 64 heavy (non-hydrogen) atoms. The van der Waals surface area contributed by atoms with Gasteiger partial charge in [0, 0.05) is 23.9 Å². The first-order chi connectivity index (χ1) is 30.8. The molecule has 0 fully saturated rings. The molecule has 342 valence electrons. The van der Waals surface area contributed by atoms with Crippen LogP contribution in [0.4, 0.5) is 0 Å². The van der Waals surface area contributed by atoms with E-state index in [0.29, 0.717) is 37.1 Å². The number of thiazole rings is 1. The van der Waals surface area contributed by atoms with Crippen LogP contribution in [0.5, 0.6) is 0 Å². The molecule has 5 rings (SSSR count). The minimum atomic E-state index is -0.944. The van der Waals surface area contributed by atoms with Gasteiger partial charge in [0.05, 0.1) is 23.1 Å². The third-order valence-electron chi connectivity index (χ3n) is 11.9. The minimum Gasteiger partial charge on any atom is -0.461 e. The highest BCUT2D eigenvalue weighted by molar-refractivity contribution is 7.10. The number of imide groups is 1. The van der Waals surface area contributed by atoms with Crippen molar-refractivity contribution in [1.82, 2.24) is 31.2 Å². The number of benzene rings is 3. The fourth-order valence-corrected chi connectivity index (χ4v) is 8.72. The number of unbranched alkanes of at least 4 members (excludes halogenated alkanes) is 2. The highest BCUT2D eigenvalue weighted by atomic mass is 32.1. The van der Waals surface area contributed by atoms with Gasteiger partial charge in [-0.05, 0) is 80.8 Å². The molecule has 0 bridgehead atoms. The van der Waals surface area contributed by atoms with Crippen molar-refractivity contribution in [1.29, 1.82) is 0 Å². The van der Waals surface area contributed by atoms with Gasteiger partial charge in [-0.3, -0.25) is 33.7 Å². The van der Waals surface area contributed by atoms with Crippen LogP contribution in [0.1, 0.15) is 133 Å². The van der Waals surface area contributed by atoms with Gasteiger partial charge in [-0.15, -0.1) is 11.3 Å². The van der Waals surface area contributed by atoms with Crippen molar-refractivity contribution in [3.8, 4) is 0 Å². The number of ether oxygens (including phenoxy) is 1. The molecular weight excluding hydrogens is 829 g/mol. The van der Waals surface area contributed by atoms with Crippen LogP contribution >= 0.6 is 11.3 Å². The Labute approximate surface area is 381 Å². The third-order valence-corrected chi connectivity index (χ3v) is 12.8. The first-order valence-corrected chi connectivity index (χ1v) is 23.4. The molecule has 1 aliphatic rings. The molecule has 13 nitrogen and oxygen atoms in total. The van der Waals surface area contributed by atoms with Gasteiger partial charge in [0.2, 0.25) is 11.8 Å². The summed E-state index contributed by atoms with van der Waals surface area (Å²) in [6.07, 6.45) is 4.37. The number of fused-ring (bicyclic) bond motifs is 1. The molecule has 1 aliphatic heterocycles. The summed E-state index contributed by atoms with van der Waals surface area (Å²) in [7, 11) is 1.89. The molecule has 0 saturated heterocycles. The molecule has 0 radical (unpaired) electrons. The fourth-order valence-electron chi connectivity index (χ4n) is 7.82. The molecule has 5 amide bonds. The zero-order valence-corrected chi connectivity index (χ0v) is 38.7. The van der Waals surface area contributed by atoms with Crippen molar-refractivity contribution in [3.63, 3.8) is 0 Å². The number of hydrogen-bond acceptors (Lipinski definition) is 10. The summed E-state index contributed by atoms with van der Waals surface area (Å²) >= 11 is 1.15. The predicted octanol–water partition coefficient (Wildman–Crippen LogP) is 7.43. The van der Waals surface area contributed by atoms with Gasteiger partial charge >= 0.3 is 5.97 Å². The van der Waals surface area contributed by atoms with Gasteiger partial charge in [-0.1, -0.05) is 120 Å². The standard InChI is InChI=1S/C50H64N6O7S/c1-7-33(4)44(55-43(57)25-15-10-18-26-51-6)46(59)53-40(32(2)3)29-42(56-48(60)38-23-16-17-24-39(38)49(56)61)47-54-41(31-64-47)45(58)52-37(28-35-19-11-8-12-20-35)27-34(5)50(62)63-30-36-21-13-9-14-22-36/h8-9,11-14,16-17,19-24,31-34,37,40,42,44,51H,7,10,15,18,25-30H2,1-6H3,(H,52,58)(H,53,59)(H,55,57). The van der Waals surface area contributed by atoms with Crippen LogP contribution in [-0.2, 0) is 32.1 Å². The number of nitrogens with zero attached hydrogens (tertiary/aromatic N) is 2. The average Bonchev–Trinajstić information content (AvgIpc) is 3.89. The second kappa shape index (κ2) is 24.4. The molecule has 4 aromatic rings. The van der Waals surface area contributed by atoms with Crippen molar-refractivity contribution in [2.45, 2.75) is 117 Å². The summed E-state index contributed by atoms with van der Waals surface area (Å²) < 4.78 is 5.63. The molecule has 1 aromatic heterocycles. The Balaban J connectivity index is 1.37. The number of carbonyl (C=O) groups excluding carboxylic acids is 6. The first-order valence-electron chi connectivity index (χ1n) is 22.5. The maximum atomic E-state index is 14.1. The van der Waals surface area contributed by atoms with Crippen LogP contribution in [0.2, 0.25) is 0 Å². The Morgan fingerprint density at radius 2 is 1.39 bits per heavy atom. The van der Waals surface area contributed by atoms with E-state index in [1.807, 2.05) is 95.4 Å². The van der Waals surface area contributed by atoms with Crippen LogP contribution in [0, 0.1) is 17.8 Å². The molecule has 0 spiro atoms. The number of carbonyl (C=O) groups is 6. The Morgan fingerprint density at radius 1 is 0.766 bits per heavy atom. The maximum Gasteiger partial charge on any atom is 0.309 e. The Hall–Kier alpha value is -5.73. The Morgan fingerprint density at radius 3 is 2.00 bits per heavy atom. The zero-order valence-electron chi connectivity index (χ0n) is 37.9. The number of rotatable bonds is 25. The van der Waals surface area contributed by atoms with Crippen LogP contribution in [0.3, 0.4) is 0 Å². The number of amides is 5. The van der Waals surface area contributed by atoms with Crippen molar-refractivity contribution >= 4 is 46.8 Å². The summed E-state index contributed by atoms with van der Waals surface area (Å²) in [6, 6.07) is 23.0. The summed E-state index contributed by atoms with van der Waals surface area (Å²) in [5, 5.41) is 14.3. The summed E-state index contributed by atoms with van der Waals surface area (Å²) in [6.45, 7) is 10.6. The third kappa shape index (κ3) is 13.6. The normalized spacial score (nSPS) is 15.1. The van der Waals surface area contributed by atoms with E-state index in [1.54, 1.807) is 36.6 Å². The number of nitrogens with one attached hydrogen (secondary N) is 4. The predicted molar refractivity (Wildman–Crippen MR) is 248 cm³/mol. The maximum absolute atomic E-state index is 14.1. The minimum absolute atomic E-state index is 0.0922. The lowest BCUT2D eigenvalue weighted by molar-refractivity contribution is -0.149. The summed E-state index contributed by atoms with van der Waals surface area (Å²) in [4.78, 5) is 88.5. The van der Waals surface area contributed by atoms with E-state index in [0.717, 1.165) is 41.9 Å². The monoisotopic (exact) mass is 892 g/mol. The van der Waals surface area contributed by atoms with Gasteiger partial charge in [0.1, 0.15) is 23.4 Å². The quantitative estimate of drug-likeness (QED) is 0.0300. The van der Waals surface area contributed by atoms with Crippen LogP contribution in [0.15, 0.2) is 90.3 Å². The molecule has 6 atom stereocenters. The van der Waals surface area contributed by atoms with Crippen molar-refractivity contribution < 1.29 is 33.5 Å². The number of esters is 1. The smallest absolute Gasteiger partial charge is 0.309 e. The van der Waals surface area contributed by atoms with E-state index in [-0.39, 0.29) is 59.5 Å². The Kier molecular flexibility index (Phi) is 18.8. The molecule has 0 saturated carbocycles. The van der Waals surface area contributed by atoms with Gasteiger partial charge in [-0.25, -0.2) is 4.98 Å². The lowest BCUT2D eigenvalue weighted by atomic mass is 9.93. The van der Waals surface area contributed by atoms with Crippen LogP contribution in [0.25, 0.3) is 0 Å². The second-order valence-electron chi connectivity index (χ2n) is 17.1. The average molecular weight is 893 g/mol. The molecule has 6 unspecified atom stereocenters. The molecule has 0 aliphatic carbocycles. The molecule has 4 N–H and O–H groups in total. The van der Waals surface area contributed by atoms with Gasteiger partial charge in [0.25, 0.3) is 17.7 Å². The summed E-state index contributed by atoms with van der Waals surface area (Å²) in [5.41, 5.74) is 2.47. The molecular formula is C50H64N6O7S. The van der Waals surface area contributed by atoms with Crippen molar-refractivity contribution in [2.24, 2.45) is 17.8 Å². The number of hydrogen-bond donors (Lipinski definition) is 4. The van der Waals surface area contributed by atoms with E-state index in [2.05, 4.69) is 21.3 Å². The summed E-state index contributed by atoms with van der Waals surface area (Å²) in [5.74, 6) is -3.23. The second-order valence-corrected chi connectivity index (χ2v) is 18.0. The largest absolute Gasteiger partial charge is 0.461 e. The van der Waals surface area contributed by atoms with E-state index >= 15 is 0 Å². The van der Waals surface area contributed by atoms with Crippen molar-refractivity contribution in [3.05, 3.63) is 123 Å². The van der Waals surface area contributed by atoms with Gasteiger partial charge in [0.15, 0.2) is 0 Å². The van der Waals surface area contributed by atoms with E-state index in [1.165, 1.54) is 4.90 Å². The SMILES string of the molecule is CCC(C)C(NC(=O)CCCCCNC)C(=O)NC(CC(c1nc(C(=O)NC(Cc2ccccc2)CC(C)C(=O)OCc2ccccc2)cs1)N1C(=O)c2ccccc2C1=O)C(C)C. The topological polar surface area (TPSA) is 176 Å². The molecule has 14 heteroatoms. The lowest BCUT2D eigenvalue weighted by Crippen LogP contribution is -2.54. The van der Waals surface area contributed by atoms with Crippen LogP contribution < -0.4 is 21.3 Å². The Bertz CT molecular complexity index is 2150. The first kappa shape index (κ1) is 49.3. The lowest BCUT2D eigenvalue weighted by Gasteiger charge is -2.33. The van der Waals surface area contributed by atoms with Crippen LogP contribution in [-0.4, -0.2) is 77.1 Å². The molecule has 3 aromatic carbocycles. The van der Waals surface area contributed by atoms with E-state index in [9.17, 15) is 28.8 Å². The zero-order chi connectivity index (χ0) is 46.2. The van der Waals surface area contributed by atoms with Gasteiger partial charge in [-0.2, -0.15) is 0 Å².